The van der Waals surface area contributed by atoms with Gasteiger partial charge in [-0.1, -0.05) is 227 Å². The van der Waals surface area contributed by atoms with Gasteiger partial charge in [-0.15, -0.1) is 0 Å². The van der Waals surface area contributed by atoms with Crippen molar-refractivity contribution in [1.82, 2.24) is 9.80 Å². The first-order chi connectivity index (χ1) is 24.7. The molecule has 0 aliphatic heterocycles. The van der Waals surface area contributed by atoms with Crippen LogP contribution in [0.1, 0.15) is 247 Å². The van der Waals surface area contributed by atoms with Gasteiger partial charge in [-0.3, -0.25) is 4.79 Å². The molecule has 51 heavy (non-hydrogen) atoms. The van der Waals surface area contributed by atoms with E-state index in [1.165, 1.54) is 199 Å². The van der Waals surface area contributed by atoms with E-state index in [1.54, 1.807) is 0 Å². The van der Waals surface area contributed by atoms with Gasteiger partial charge < -0.3 is 9.80 Å². The number of carbonyl (C=O) groups is 1. The largest absolute Gasteiger partial charge is 0.346 e. The zero-order valence-corrected chi connectivity index (χ0v) is 36.9. The molecule has 0 heterocycles. The van der Waals surface area contributed by atoms with Gasteiger partial charge in [-0.05, 0) is 57.7 Å². The first-order valence-corrected chi connectivity index (χ1v) is 23.6. The Kier molecular flexibility index (Phi) is 37.3. The monoisotopic (exact) mass is 719 g/mol. The molecule has 0 spiro atoms. The lowest BCUT2D eigenvalue weighted by Gasteiger charge is -2.31. The number of hydrogen-bond donors (Lipinski definition) is 0. The molecule has 0 radical (unpaired) electrons. The molecular weight excluding hydrogens is 621 g/mol. The number of unbranched alkanes of at least 4 members (excludes halogenated alkanes) is 27. The van der Waals surface area contributed by atoms with Crippen LogP contribution in [0.4, 0.5) is 0 Å². The predicted molar refractivity (Wildman–Crippen MR) is 231 cm³/mol. The third-order valence-electron chi connectivity index (χ3n) is 12.4. The SMILES string of the molecule is CCCCCCCCCCCCCCCCC(CCCCCCCCCCCCCCCC)CC(C)C(C)C(C)C(=O)N(C)CCCCN(C)C. The minimum absolute atomic E-state index is 0.113. The van der Waals surface area contributed by atoms with Crippen LogP contribution in [0.15, 0.2) is 0 Å². The molecule has 1 amide bonds. The van der Waals surface area contributed by atoms with Crippen LogP contribution in [0, 0.1) is 23.7 Å². The van der Waals surface area contributed by atoms with Crippen LogP contribution in [-0.2, 0) is 4.79 Å². The van der Waals surface area contributed by atoms with E-state index < -0.39 is 0 Å². The molecule has 0 rings (SSSR count). The Labute approximate surface area is 324 Å². The van der Waals surface area contributed by atoms with Crippen molar-refractivity contribution in [2.24, 2.45) is 23.7 Å². The smallest absolute Gasteiger partial charge is 0.225 e. The quantitative estimate of drug-likeness (QED) is 0.0589. The van der Waals surface area contributed by atoms with E-state index in [-0.39, 0.29) is 5.92 Å². The summed E-state index contributed by atoms with van der Waals surface area (Å²) in [6.07, 6.45) is 46.6. The van der Waals surface area contributed by atoms with Crippen molar-refractivity contribution in [3.05, 3.63) is 0 Å². The average molecular weight is 719 g/mol. The Morgan fingerprint density at radius 3 is 1.08 bits per heavy atom. The highest BCUT2D eigenvalue weighted by Gasteiger charge is 2.28. The zero-order chi connectivity index (χ0) is 37.8. The highest BCUT2D eigenvalue weighted by Crippen LogP contribution is 2.32. The van der Waals surface area contributed by atoms with Gasteiger partial charge in [0.05, 0.1) is 0 Å². The van der Waals surface area contributed by atoms with Crippen LogP contribution < -0.4 is 0 Å². The number of hydrogen-bond acceptors (Lipinski definition) is 2. The van der Waals surface area contributed by atoms with Crippen LogP contribution >= 0.6 is 0 Å². The molecule has 0 saturated heterocycles. The lowest BCUT2D eigenvalue weighted by Crippen LogP contribution is -2.37. The van der Waals surface area contributed by atoms with Gasteiger partial charge in [0.1, 0.15) is 0 Å². The van der Waals surface area contributed by atoms with Crippen LogP contribution in [0.25, 0.3) is 0 Å². The van der Waals surface area contributed by atoms with Crippen LogP contribution in [0.5, 0.6) is 0 Å². The molecule has 0 aliphatic rings. The second-order valence-corrected chi connectivity index (χ2v) is 17.8. The number of rotatable bonds is 40. The van der Waals surface area contributed by atoms with Crippen LogP contribution in [0.3, 0.4) is 0 Å². The summed E-state index contributed by atoms with van der Waals surface area (Å²) in [4.78, 5) is 17.6. The molecule has 3 heteroatoms. The standard InChI is InChI=1S/C48H98N2O/c1-9-11-13-15-17-19-21-23-25-27-29-31-33-35-39-47(40-36-34-32-30-28-26-24-22-20-18-16-14-12-10-2)43-44(3)45(4)46(5)48(51)50(8)42-38-37-41-49(6)7/h44-47H,9-43H2,1-8H3. The van der Waals surface area contributed by atoms with Crippen LogP contribution in [-0.4, -0.2) is 49.9 Å². The topological polar surface area (TPSA) is 23.6 Å². The molecular formula is C48H98N2O. The Morgan fingerprint density at radius 1 is 0.431 bits per heavy atom. The van der Waals surface area contributed by atoms with E-state index >= 15 is 0 Å². The van der Waals surface area contributed by atoms with Crippen molar-refractivity contribution in [2.45, 2.75) is 247 Å². The van der Waals surface area contributed by atoms with Gasteiger partial charge in [0.25, 0.3) is 0 Å². The van der Waals surface area contributed by atoms with Gasteiger partial charge in [0.15, 0.2) is 0 Å². The first kappa shape index (κ1) is 50.4. The summed E-state index contributed by atoms with van der Waals surface area (Å²) in [6, 6.07) is 0. The number of amides is 1. The van der Waals surface area contributed by atoms with Gasteiger partial charge >= 0.3 is 0 Å². The van der Waals surface area contributed by atoms with Crippen molar-refractivity contribution < 1.29 is 4.79 Å². The number of carbonyl (C=O) groups excluding carboxylic acids is 1. The summed E-state index contributed by atoms with van der Waals surface area (Å²) in [5.41, 5.74) is 0. The minimum atomic E-state index is 0.113. The molecule has 0 aromatic heterocycles. The summed E-state index contributed by atoms with van der Waals surface area (Å²) < 4.78 is 0. The summed E-state index contributed by atoms with van der Waals surface area (Å²) in [6.45, 7) is 13.6. The molecule has 0 N–H and O–H groups in total. The average Bonchev–Trinajstić information content (AvgIpc) is 3.12. The molecule has 0 aliphatic carbocycles. The maximum Gasteiger partial charge on any atom is 0.225 e. The summed E-state index contributed by atoms with van der Waals surface area (Å²) >= 11 is 0. The van der Waals surface area contributed by atoms with Gasteiger partial charge in [-0.25, -0.2) is 0 Å². The maximum atomic E-state index is 13.4. The predicted octanol–water partition coefficient (Wildman–Crippen LogP) is 15.4. The zero-order valence-electron chi connectivity index (χ0n) is 36.9. The van der Waals surface area contributed by atoms with Crippen LogP contribution in [0.2, 0.25) is 0 Å². The van der Waals surface area contributed by atoms with Crippen molar-refractivity contribution in [1.29, 1.82) is 0 Å². The second-order valence-electron chi connectivity index (χ2n) is 17.8. The molecule has 0 fully saturated rings. The van der Waals surface area contributed by atoms with Gasteiger partial charge in [0, 0.05) is 19.5 Å². The second kappa shape index (κ2) is 37.7. The lowest BCUT2D eigenvalue weighted by atomic mass is 9.77. The fourth-order valence-electron chi connectivity index (χ4n) is 8.33. The Bertz CT molecular complexity index is 675. The van der Waals surface area contributed by atoms with E-state index in [2.05, 4.69) is 53.6 Å². The number of nitrogens with zero attached hydrogens (tertiary/aromatic N) is 2. The fraction of sp³-hybridized carbons (Fsp3) is 0.979. The molecule has 306 valence electrons. The molecule has 0 aromatic carbocycles. The van der Waals surface area contributed by atoms with Crippen molar-refractivity contribution in [2.75, 3.05) is 34.2 Å². The Balaban J connectivity index is 4.50. The molecule has 3 unspecified atom stereocenters. The normalized spacial score (nSPS) is 13.7. The van der Waals surface area contributed by atoms with Crippen molar-refractivity contribution in [3.8, 4) is 0 Å². The molecule has 0 aromatic rings. The lowest BCUT2D eigenvalue weighted by molar-refractivity contribution is -0.136. The summed E-state index contributed by atoms with van der Waals surface area (Å²) in [5.74, 6) is 2.35. The third kappa shape index (κ3) is 32.6. The maximum absolute atomic E-state index is 13.4. The van der Waals surface area contributed by atoms with Gasteiger partial charge in [-0.2, -0.15) is 0 Å². The first-order valence-electron chi connectivity index (χ1n) is 23.6. The molecule has 3 atom stereocenters. The summed E-state index contributed by atoms with van der Waals surface area (Å²) in [5, 5.41) is 0. The Morgan fingerprint density at radius 2 is 0.745 bits per heavy atom. The van der Waals surface area contributed by atoms with Gasteiger partial charge in [0.2, 0.25) is 5.91 Å². The van der Waals surface area contributed by atoms with E-state index in [1.807, 2.05) is 11.9 Å². The van der Waals surface area contributed by atoms with E-state index in [9.17, 15) is 4.79 Å². The van der Waals surface area contributed by atoms with E-state index in [4.69, 9.17) is 0 Å². The van der Waals surface area contributed by atoms with E-state index in [0.29, 0.717) is 17.7 Å². The van der Waals surface area contributed by atoms with E-state index in [0.717, 1.165) is 31.8 Å². The molecule has 0 bridgehead atoms. The van der Waals surface area contributed by atoms with Crippen molar-refractivity contribution in [3.63, 3.8) is 0 Å². The molecule has 3 nitrogen and oxygen atoms in total. The Hall–Kier alpha value is -0.570. The minimum Gasteiger partial charge on any atom is -0.346 e. The third-order valence-corrected chi connectivity index (χ3v) is 12.4. The highest BCUT2D eigenvalue weighted by molar-refractivity contribution is 5.78. The highest BCUT2D eigenvalue weighted by atomic mass is 16.2. The van der Waals surface area contributed by atoms with Crippen molar-refractivity contribution >= 4 is 5.91 Å². The summed E-state index contributed by atoms with van der Waals surface area (Å²) in [7, 11) is 6.29. The fourth-order valence-corrected chi connectivity index (χ4v) is 8.33. The molecule has 0 saturated carbocycles.